The maximum absolute atomic E-state index is 4.57. The average Bonchev–Trinajstić information content (AvgIpc) is 2.44. The molecule has 15 heavy (non-hydrogen) atoms. The van der Waals surface area contributed by atoms with Gasteiger partial charge in [-0.3, -0.25) is 0 Å². The lowest BCUT2D eigenvalue weighted by Crippen LogP contribution is -2.38. The number of hydrogen-bond acceptors (Lipinski definition) is 4. The van der Waals surface area contributed by atoms with Crippen LogP contribution in [-0.4, -0.2) is 23.1 Å². The van der Waals surface area contributed by atoms with E-state index in [0.717, 1.165) is 29.6 Å². The van der Waals surface area contributed by atoms with Gasteiger partial charge in [0.05, 0.1) is 5.39 Å². The molecule has 2 aromatic heterocycles. The van der Waals surface area contributed by atoms with Crippen molar-refractivity contribution in [3.8, 4) is 0 Å². The molecule has 0 unspecified atom stereocenters. The summed E-state index contributed by atoms with van der Waals surface area (Å²) in [5.41, 5.74) is 0. The third-order valence-electron chi connectivity index (χ3n) is 2.64. The Morgan fingerprint density at radius 1 is 1.40 bits per heavy atom. The molecule has 0 saturated carbocycles. The largest absolute Gasteiger partial charge is 0.356 e. The number of rotatable bonds is 1. The smallest absolute Gasteiger partial charge is 0.142 e. The Morgan fingerprint density at radius 2 is 2.20 bits per heavy atom. The van der Waals surface area contributed by atoms with Crippen LogP contribution in [0.15, 0.2) is 5.38 Å². The molecule has 0 radical (unpaired) electrons. The van der Waals surface area contributed by atoms with E-state index in [0.29, 0.717) is 0 Å². The fraction of sp³-hybridized carbons (Fsp3) is 0.400. The van der Waals surface area contributed by atoms with Crippen LogP contribution in [0.2, 0.25) is 0 Å². The van der Waals surface area contributed by atoms with Crippen molar-refractivity contribution in [3.05, 3.63) is 14.8 Å². The summed E-state index contributed by atoms with van der Waals surface area (Å²) in [5, 5.41) is 3.40. The van der Waals surface area contributed by atoms with Gasteiger partial charge in [-0.2, -0.15) is 0 Å². The van der Waals surface area contributed by atoms with Crippen LogP contribution >= 0.6 is 33.9 Å². The molecule has 78 valence electrons. The van der Waals surface area contributed by atoms with Crippen molar-refractivity contribution in [1.82, 2.24) is 9.97 Å². The predicted octanol–water partition coefficient (Wildman–Crippen LogP) is 2.81. The first-order valence-corrected chi connectivity index (χ1v) is 6.88. The van der Waals surface area contributed by atoms with Crippen molar-refractivity contribution >= 4 is 50.0 Å². The number of hydrogen-bond donors (Lipinski definition) is 0. The van der Waals surface area contributed by atoms with E-state index >= 15 is 0 Å². The molecule has 3 heterocycles. The second kappa shape index (κ2) is 3.55. The molecule has 3 rings (SSSR count). The number of aromatic nitrogens is 2. The quantitative estimate of drug-likeness (QED) is 0.753. The van der Waals surface area contributed by atoms with E-state index in [4.69, 9.17) is 0 Å². The second-order valence-corrected chi connectivity index (χ2v) is 5.72. The second-order valence-electron chi connectivity index (χ2n) is 3.70. The third-order valence-corrected chi connectivity index (χ3v) is 4.78. The number of thiophene rings is 1. The van der Waals surface area contributed by atoms with E-state index in [1.807, 2.05) is 6.92 Å². The summed E-state index contributed by atoms with van der Waals surface area (Å²) in [6.45, 7) is 4.24. The lowest BCUT2D eigenvalue weighted by atomic mass is 10.2. The van der Waals surface area contributed by atoms with Gasteiger partial charge in [0.25, 0.3) is 0 Å². The lowest BCUT2D eigenvalue weighted by molar-refractivity contribution is 0.610. The van der Waals surface area contributed by atoms with E-state index in [-0.39, 0.29) is 0 Å². The Kier molecular flexibility index (Phi) is 2.31. The van der Waals surface area contributed by atoms with Crippen LogP contribution in [0.5, 0.6) is 0 Å². The number of anilines is 1. The van der Waals surface area contributed by atoms with Crippen LogP contribution in [0.4, 0.5) is 5.82 Å². The monoisotopic (exact) mass is 331 g/mol. The van der Waals surface area contributed by atoms with Crippen LogP contribution in [0.1, 0.15) is 12.2 Å². The standard InChI is InChI=1S/C10H10IN3S/c1-6-12-9(14-3-2-4-14)8-7(11)5-15-10(8)13-6/h5H,2-4H2,1H3. The molecule has 1 aliphatic heterocycles. The molecule has 0 aliphatic carbocycles. The highest BCUT2D eigenvalue weighted by molar-refractivity contribution is 14.1. The van der Waals surface area contributed by atoms with Gasteiger partial charge in [0, 0.05) is 22.0 Å². The van der Waals surface area contributed by atoms with Gasteiger partial charge in [0.2, 0.25) is 0 Å². The Hall–Kier alpha value is -0.430. The molecular formula is C10H10IN3S. The SMILES string of the molecule is Cc1nc(N2CCC2)c2c(I)csc2n1. The minimum Gasteiger partial charge on any atom is -0.356 e. The summed E-state index contributed by atoms with van der Waals surface area (Å²) in [6, 6.07) is 0. The van der Waals surface area contributed by atoms with Gasteiger partial charge in [0.1, 0.15) is 16.5 Å². The van der Waals surface area contributed by atoms with Crippen LogP contribution in [0, 0.1) is 10.5 Å². The first-order valence-electron chi connectivity index (χ1n) is 4.92. The Balaban J connectivity index is 2.28. The fourth-order valence-corrected chi connectivity index (χ4v) is 3.65. The minimum absolute atomic E-state index is 0.877. The molecule has 1 aliphatic rings. The summed E-state index contributed by atoms with van der Waals surface area (Å²) in [7, 11) is 0. The topological polar surface area (TPSA) is 29.0 Å². The van der Waals surface area contributed by atoms with Gasteiger partial charge < -0.3 is 4.90 Å². The molecule has 0 N–H and O–H groups in total. The first kappa shape index (κ1) is 9.77. The van der Waals surface area contributed by atoms with Crippen LogP contribution in [0.25, 0.3) is 10.2 Å². The van der Waals surface area contributed by atoms with Crippen LogP contribution in [0.3, 0.4) is 0 Å². The molecule has 0 aromatic carbocycles. The average molecular weight is 331 g/mol. The van der Waals surface area contributed by atoms with E-state index in [9.17, 15) is 0 Å². The van der Waals surface area contributed by atoms with Crippen LogP contribution in [-0.2, 0) is 0 Å². The number of nitrogens with zero attached hydrogens (tertiary/aromatic N) is 3. The normalized spacial score (nSPS) is 15.7. The lowest BCUT2D eigenvalue weighted by Gasteiger charge is -2.32. The Labute approximate surface area is 106 Å². The Morgan fingerprint density at radius 3 is 2.87 bits per heavy atom. The molecule has 1 saturated heterocycles. The fourth-order valence-electron chi connectivity index (χ4n) is 1.75. The van der Waals surface area contributed by atoms with Gasteiger partial charge in [-0.15, -0.1) is 11.3 Å². The third kappa shape index (κ3) is 1.52. The van der Waals surface area contributed by atoms with Crippen LogP contribution < -0.4 is 4.90 Å². The predicted molar refractivity (Wildman–Crippen MR) is 71.7 cm³/mol. The molecule has 0 atom stereocenters. The number of aryl methyl sites for hydroxylation is 1. The van der Waals surface area contributed by atoms with Gasteiger partial charge >= 0.3 is 0 Å². The Bertz CT molecular complexity index is 519. The van der Waals surface area contributed by atoms with E-state index < -0.39 is 0 Å². The highest BCUT2D eigenvalue weighted by Crippen LogP contribution is 2.34. The van der Waals surface area contributed by atoms with Gasteiger partial charge in [0.15, 0.2) is 0 Å². The zero-order valence-corrected chi connectivity index (χ0v) is 11.3. The number of fused-ring (bicyclic) bond motifs is 1. The van der Waals surface area contributed by atoms with E-state index in [1.165, 1.54) is 15.4 Å². The molecule has 0 bridgehead atoms. The maximum atomic E-state index is 4.57. The molecule has 0 amide bonds. The van der Waals surface area contributed by atoms with Crippen molar-refractivity contribution in [2.75, 3.05) is 18.0 Å². The van der Waals surface area contributed by atoms with Crippen molar-refractivity contribution in [2.24, 2.45) is 0 Å². The summed E-state index contributed by atoms with van der Waals surface area (Å²) in [6.07, 6.45) is 1.28. The van der Waals surface area contributed by atoms with Gasteiger partial charge in [-0.1, -0.05) is 0 Å². The number of halogens is 1. The summed E-state index contributed by atoms with van der Waals surface area (Å²) >= 11 is 4.08. The van der Waals surface area contributed by atoms with Crippen molar-refractivity contribution in [2.45, 2.75) is 13.3 Å². The zero-order valence-electron chi connectivity index (χ0n) is 8.33. The molecule has 2 aromatic rings. The highest BCUT2D eigenvalue weighted by Gasteiger charge is 2.21. The molecular weight excluding hydrogens is 321 g/mol. The first-order chi connectivity index (χ1) is 7.25. The molecule has 1 fully saturated rings. The summed E-state index contributed by atoms with van der Waals surface area (Å²) in [4.78, 5) is 12.5. The summed E-state index contributed by atoms with van der Waals surface area (Å²) in [5.74, 6) is 2.01. The van der Waals surface area contributed by atoms with Crippen molar-refractivity contribution < 1.29 is 0 Å². The van der Waals surface area contributed by atoms with Gasteiger partial charge in [-0.05, 0) is 35.9 Å². The molecule has 5 heteroatoms. The van der Waals surface area contributed by atoms with Crippen molar-refractivity contribution in [3.63, 3.8) is 0 Å². The molecule has 0 spiro atoms. The van der Waals surface area contributed by atoms with Gasteiger partial charge in [-0.25, -0.2) is 9.97 Å². The van der Waals surface area contributed by atoms with E-state index in [2.05, 4.69) is 42.8 Å². The van der Waals surface area contributed by atoms with Crippen molar-refractivity contribution in [1.29, 1.82) is 0 Å². The molecule has 3 nitrogen and oxygen atoms in total. The maximum Gasteiger partial charge on any atom is 0.142 e. The highest BCUT2D eigenvalue weighted by atomic mass is 127. The summed E-state index contributed by atoms with van der Waals surface area (Å²) < 4.78 is 1.27. The van der Waals surface area contributed by atoms with E-state index in [1.54, 1.807) is 11.3 Å². The zero-order chi connectivity index (χ0) is 10.4. The minimum atomic E-state index is 0.877.